The molecule has 0 aromatic heterocycles. The molecular weight excluding hydrogens is 459 g/mol. The summed E-state index contributed by atoms with van der Waals surface area (Å²) in [5.41, 5.74) is 0. The maximum Gasteiger partial charge on any atom is 0.310 e. The van der Waals surface area contributed by atoms with Crippen LogP contribution in [0.25, 0.3) is 0 Å². The van der Waals surface area contributed by atoms with Crippen LogP contribution < -0.4 is 5.32 Å². The number of ether oxygens (including phenoxy) is 1. The zero-order valence-corrected chi connectivity index (χ0v) is 18.8. The minimum absolute atomic E-state index is 0. The molecule has 1 aliphatic rings. The maximum absolute atomic E-state index is 11.8. The van der Waals surface area contributed by atoms with Crippen molar-refractivity contribution in [1.29, 1.82) is 0 Å². The topological polar surface area (TPSA) is 91.3 Å². The van der Waals surface area contributed by atoms with Crippen LogP contribution in [0.2, 0.25) is 0 Å². The number of esters is 1. The van der Waals surface area contributed by atoms with E-state index in [1.807, 2.05) is 11.8 Å². The zero-order valence-electron chi connectivity index (χ0n) is 15.7. The quantitative estimate of drug-likeness (QED) is 0.185. The fourth-order valence-electron chi connectivity index (χ4n) is 2.79. The summed E-state index contributed by atoms with van der Waals surface area (Å²) in [5.74, 6) is 0.714. The van der Waals surface area contributed by atoms with Gasteiger partial charge < -0.3 is 15.0 Å². The van der Waals surface area contributed by atoms with Gasteiger partial charge in [-0.3, -0.25) is 9.79 Å². The van der Waals surface area contributed by atoms with Crippen molar-refractivity contribution in [3.05, 3.63) is 0 Å². The maximum atomic E-state index is 11.8. The van der Waals surface area contributed by atoms with Crippen LogP contribution in [0.15, 0.2) is 4.99 Å². The molecule has 148 valence electrons. The van der Waals surface area contributed by atoms with E-state index in [2.05, 4.69) is 10.3 Å². The van der Waals surface area contributed by atoms with Crippen LogP contribution >= 0.6 is 24.0 Å². The standard InChI is InChI=1S/C15H30N4O4S.HI/c1-6-24(21,22)18(4)9-7-8-17-15(16-3)19-10-12(2)13(11-19)14(20)23-5;/h12-13H,6-11H2,1-5H3,(H,16,17);1H. The van der Waals surface area contributed by atoms with Crippen molar-refractivity contribution in [3.63, 3.8) is 0 Å². The molecular formula is C15H31IN4O4S. The molecule has 0 amide bonds. The minimum atomic E-state index is -3.13. The highest BCUT2D eigenvalue weighted by Gasteiger charge is 2.36. The van der Waals surface area contributed by atoms with Gasteiger partial charge in [0.2, 0.25) is 10.0 Å². The third-order valence-corrected chi connectivity index (χ3v) is 6.26. The number of sulfonamides is 1. The summed E-state index contributed by atoms with van der Waals surface area (Å²) < 4.78 is 29.6. The molecule has 1 N–H and O–H groups in total. The van der Waals surface area contributed by atoms with Crippen LogP contribution in [-0.4, -0.2) is 82.7 Å². The molecule has 1 fully saturated rings. The van der Waals surface area contributed by atoms with Crippen LogP contribution in [0.5, 0.6) is 0 Å². The summed E-state index contributed by atoms with van der Waals surface area (Å²) in [5, 5.41) is 3.24. The van der Waals surface area contributed by atoms with Gasteiger partial charge in [-0.15, -0.1) is 24.0 Å². The fraction of sp³-hybridized carbons (Fsp3) is 0.867. The number of nitrogens with zero attached hydrogens (tertiary/aromatic N) is 3. The number of hydrogen-bond acceptors (Lipinski definition) is 5. The molecule has 0 bridgehead atoms. The summed E-state index contributed by atoms with van der Waals surface area (Å²) in [6.07, 6.45) is 0.679. The average Bonchev–Trinajstić information content (AvgIpc) is 2.95. The van der Waals surface area contributed by atoms with Crippen LogP contribution in [-0.2, 0) is 19.6 Å². The summed E-state index contributed by atoms with van der Waals surface area (Å²) >= 11 is 0. The van der Waals surface area contributed by atoms with Gasteiger partial charge in [0.15, 0.2) is 5.96 Å². The van der Waals surface area contributed by atoms with Crippen LogP contribution in [0.4, 0.5) is 0 Å². The van der Waals surface area contributed by atoms with Crippen molar-refractivity contribution in [2.45, 2.75) is 20.3 Å². The number of likely N-dealkylation sites (tertiary alicyclic amines) is 1. The molecule has 0 spiro atoms. The highest BCUT2D eigenvalue weighted by atomic mass is 127. The first-order chi connectivity index (χ1) is 11.3. The second-order valence-electron chi connectivity index (χ2n) is 6.06. The van der Waals surface area contributed by atoms with Gasteiger partial charge in [-0.1, -0.05) is 6.92 Å². The van der Waals surface area contributed by atoms with Crippen molar-refractivity contribution < 1.29 is 17.9 Å². The van der Waals surface area contributed by atoms with Gasteiger partial charge in [0.1, 0.15) is 0 Å². The Bertz CT molecular complexity index is 556. The third kappa shape index (κ3) is 6.89. The molecule has 1 heterocycles. The molecule has 2 unspecified atom stereocenters. The number of hydrogen-bond donors (Lipinski definition) is 1. The van der Waals surface area contributed by atoms with Crippen LogP contribution in [0.1, 0.15) is 20.3 Å². The molecule has 0 saturated carbocycles. The lowest BCUT2D eigenvalue weighted by Crippen LogP contribution is -2.41. The Morgan fingerprint density at radius 3 is 2.56 bits per heavy atom. The number of aliphatic imine (C=N–C) groups is 1. The van der Waals surface area contributed by atoms with Crippen molar-refractivity contribution in [2.75, 3.05) is 53.1 Å². The molecule has 25 heavy (non-hydrogen) atoms. The number of carbonyl (C=O) groups excluding carboxylic acids is 1. The molecule has 10 heteroatoms. The largest absolute Gasteiger partial charge is 0.469 e. The fourth-order valence-corrected chi connectivity index (χ4v) is 3.64. The molecule has 1 saturated heterocycles. The summed E-state index contributed by atoms with van der Waals surface area (Å²) in [6.45, 7) is 6.06. The van der Waals surface area contributed by atoms with E-state index in [4.69, 9.17) is 4.74 Å². The number of rotatable bonds is 7. The van der Waals surface area contributed by atoms with Crippen LogP contribution in [0, 0.1) is 11.8 Å². The van der Waals surface area contributed by atoms with Crippen molar-refractivity contribution in [3.8, 4) is 0 Å². The van der Waals surface area contributed by atoms with Crippen molar-refractivity contribution >= 4 is 45.9 Å². The Hall–Kier alpha value is -0.620. The lowest BCUT2D eigenvalue weighted by molar-refractivity contribution is -0.145. The van der Waals surface area contributed by atoms with E-state index in [0.29, 0.717) is 26.1 Å². The molecule has 0 radical (unpaired) electrons. The second kappa shape index (κ2) is 11.2. The van der Waals surface area contributed by atoms with E-state index in [9.17, 15) is 13.2 Å². The number of guanidine groups is 1. The monoisotopic (exact) mass is 490 g/mol. The molecule has 0 aromatic carbocycles. The van der Waals surface area contributed by atoms with E-state index in [1.165, 1.54) is 11.4 Å². The first-order valence-corrected chi connectivity index (χ1v) is 9.85. The molecule has 8 nitrogen and oxygen atoms in total. The SMILES string of the molecule is CCS(=O)(=O)N(C)CCCNC(=NC)N1CC(C)C(C(=O)OC)C1.I. The predicted molar refractivity (Wildman–Crippen MR) is 110 cm³/mol. The lowest BCUT2D eigenvalue weighted by Gasteiger charge is -2.22. The van der Waals surface area contributed by atoms with E-state index in [1.54, 1.807) is 21.0 Å². The van der Waals surface area contributed by atoms with Gasteiger partial charge in [0.05, 0.1) is 18.8 Å². The highest BCUT2D eigenvalue weighted by molar-refractivity contribution is 14.0. The number of nitrogens with one attached hydrogen (secondary N) is 1. The summed E-state index contributed by atoms with van der Waals surface area (Å²) in [6, 6.07) is 0. The minimum Gasteiger partial charge on any atom is -0.469 e. The number of halogens is 1. The average molecular weight is 490 g/mol. The lowest BCUT2D eigenvalue weighted by atomic mass is 9.99. The Kier molecular flexibility index (Phi) is 10.9. The van der Waals surface area contributed by atoms with Gasteiger partial charge in [-0.25, -0.2) is 12.7 Å². The molecule has 0 aromatic rings. The second-order valence-corrected chi connectivity index (χ2v) is 8.43. The first kappa shape index (κ1) is 24.4. The zero-order chi connectivity index (χ0) is 18.3. The normalized spacial score (nSPS) is 21.2. The Labute approximate surface area is 168 Å². The Morgan fingerprint density at radius 1 is 1.40 bits per heavy atom. The first-order valence-electron chi connectivity index (χ1n) is 8.24. The van der Waals surface area contributed by atoms with E-state index in [-0.39, 0.29) is 47.5 Å². The van der Waals surface area contributed by atoms with Gasteiger partial charge >= 0.3 is 5.97 Å². The third-order valence-electron chi connectivity index (χ3n) is 4.40. The van der Waals surface area contributed by atoms with Gasteiger partial charge in [-0.2, -0.15) is 0 Å². The number of carbonyl (C=O) groups is 1. The molecule has 0 aliphatic carbocycles. The van der Waals surface area contributed by atoms with E-state index >= 15 is 0 Å². The molecule has 1 aliphatic heterocycles. The van der Waals surface area contributed by atoms with Crippen molar-refractivity contribution in [2.24, 2.45) is 16.8 Å². The Balaban J connectivity index is 0.00000576. The smallest absolute Gasteiger partial charge is 0.310 e. The van der Waals surface area contributed by atoms with Gasteiger partial charge in [0.25, 0.3) is 0 Å². The van der Waals surface area contributed by atoms with Crippen molar-refractivity contribution in [1.82, 2.24) is 14.5 Å². The summed E-state index contributed by atoms with van der Waals surface area (Å²) in [7, 11) is 1.57. The van der Waals surface area contributed by atoms with Crippen LogP contribution in [0.3, 0.4) is 0 Å². The number of methoxy groups -OCH3 is 1. The molecule has 2 atom stereocenters. The molecule has 1 rings (SSSR count). The van der Waals surface area contributed by atoms with E-state index in [0.717, 1.165) is 12.5 Å². The Morgan fingerprint density at radius 2 is 2.04 bits per heavy atom. The highest BCUT2D eigenvalue weighted by Crippen LogP contribution is 2.23. The van der Waals surface area contributed by atoms with Gasteiger partial charge in [-0.05, 0) is 19.3 Å². The summed E-state index contributed by atoms with van der Waals surface area (Å²) in [4.78, 5) is 18.1. The predicted octanol–water partition coefficient (Wildman–Crippen LogP) is 0.592. The van der Waals surface area contributed by atoms with Gasteiger partial charge in [0, 0.05) is 40.3 Å². The van der Waals surface area contributed by atoms with E-state index < -0.39 is 10.0 Å².